The van der Waals surface area contributed by atoms with Crippen LogP contribution < -0.4 is 5.56 Å². The van der Waals surface area contributed by atoms with Crippen molar-refractivity contribution in [2.45, 2.75) is 20.4 Å². The monoisotopic (exact) mass is 252 g/mol. The van der Waals surface area contributed by atoms with E-state index >= 15 is 0 Å². The second-order valence-electron chi connectivity index (χ2n) is 3.89. The number of carbonyl (C=O) groups is 1. The van der Waals surface area contributed by atoms with Crippen LogP contribution in [0.3, 0.4) is 0 Å². The van der Waals surface area contributed by atoms with Gasteiger partial charge in [0.05, 0.1) is 11.1 Å². The fraction of sp³-hybridized carbons (Fsp3) is 0.273. The van der Waals surface area contributed by atoms with Crippen molar-refractivity contribution in [2.24, 2.45) is 0 Å². The quantitative estimate of drug-likeness (QED) is 0.491. The normalized spacial score (nSPS) is 11.3. The van der Waals surface area contributed by atoms with Gasteiger partial charge in [0.25, 0.3) is 11.2 Å². The lowest BCUT2D eigenvalue weighted by Gasteiger charge is -2.06. The third-order valence-corrected chi connectivity index (χ3v) is 2.29. The second kappa shape index (κ2) is 5.26. The summed E-state index contributed by atoms with van der Waals surface area (Å²) in [4.78, 5) is 32.2. The Bertz CT molecular complexity index is 586. The smallest absolute Gasteiger partial charge is 0.328 e. The van der Waals surface area contributed by atoms with Crippen molar-refractivity contribution < 1.29 is 14.8 Å². The highest BCUT2D eigenvalue weighted by atomic mass is 16.6. The molecule has 0 aromatic carbocycles. The molecule has 1 rings (SSSR count). The van der Waals surface area contributed by atoms with Crippen molar-refractivity contribution in [3.8, 4) is 0 Å². The molecule has 1 heterocycles. The van der Waals surface area contributed by atoms with E-state index in [1.54, 1.807) is 0 Å². The van der Waals surface area contributed by atoms with E-state index in [0.29, 0.717) is 5.57 Å². The fourth-order valence-corrected chi connectivity index (χ4v) is 1.49. The van der Waals surface area contributed by atoms with Gasteiger partial charge >= 0.3 is 5.97 Å². The maximum absolute atomic E-state index is 11.6. The standard InChI is InChI=1S/C11H12N2O5/c1-7(3-11(15)16)5-12-6-9(13(17)18)8(2)4-10(12)14/h3-4,6H,5H2,1-2H3,(H,15,16). The number of aliphatic carboxylic acids is 1. The van der Waals surface area contributed by atoms with Crippen LogP contribution in [-0.4, -0.2) is 20.6 Å². The lowest BCUT2D eigenvalue weighted by molar-refractivity contribution is -0.385. The molecule has 0 bridgehead atoms. The Morgan fingerprint density at radius 2 is 2.22 bits per heavy atom. The summed E-state index contributed by atoms with van der Waals surface area (Å²) in [5.74, 6) is -1.12. The number of pyridine rings is 1. The third-order valence-electron chi connectivity index (χ3n) is 2.29. The van der Waals surface area contributed by atoms with Crippen LogP contribution in [0.25, 0.3) is 0 Å². The Balaban J connectivity index is 3.18. The highest BCUT2D eigenvalue weighted by molar-refractivity contribution is 5.80. The zero-order valence-electron chi connectivity index (χ0n) is 9.91. The number of aryl methyl sites for hydroxylation is 1. The number of aromatic nitrogens is 1. The highest BCUT2D eigenvalue weighted by Crippen LogP contribution is 2.14. The first-order valence-electron chi connectivity index (χ1n) is 5.07. The average Bonchev–Trinajstić information content (AvgIpc) is 2.20. The van der Waals surface area contributed by atoms with Crippen LogP contribution in [0.4, 0.5) is 5.69 Å². The summed E-state index contributed by atoms with van der Waals surface area (Å²) in [6, 6.07) is 1.16. The van der Waals surface area contributed by atoms with Crippen molar-refractivity contribution in [1.82, 2.24) is 4.57 Å². The molecular formula is C11H12N2O5. The van der Waals surface area contributed by atoms with Gasteiger partial charge in [-0.2, -0.15) is 0 Å². The molecule has 18 heavy (non-hydrogen) atoms. The molecule has 0 amide bonds. The first kappa shape index (κ1) is 13.6. The van der Waals surface area contributed by atoms with Gasteiger partial charge in [-0.05, 0) is 19.4 Å². The highest BCUT2D eigenvalue weighted by Gasteiger charge is 2.13. The Morgan fingerprint density at radius 3 is 2.72 bits per heavy atom. The molecule has 0 spiro atoms. The average molecular weight is 252 g/mol. The molecular weight excluding hydrogens is 240 g/mol. The van der Waals surface area contributed by atoms with E-state index in [9.17, 15) is 19.7 Å². The minimum absolute atomic E-state index is 0.00620. The Hall–Kier alpha value is -2.44. The predicted octanol–water partition coefficient (Wildman–Crippen LogP) is 1.10. The topological polar surface area (TPSA) is 102 Å². The molecule has 7 nitrogen and oxygen atoms in total. The molecule has 0 fully saturated rings. The van der Waals surface area contributed by atoms with Crippen LogP contribution >= 0.6 is 0 Å². The van der Waals surface area contributed by atoms with Crippen LogP contribution in [0.15, 0.2) is 28.7 Å². The molecule has 0 unspecified atom stereocenters. The summed E-state index contributed by atoms with van der Waals surface area (Å²) in [5, 5.41) is 19.3. The number of rotatable bonds is 4. The van der Waals surface area contributed by atoms with Gasteiger partial charge in [-0.15, -0.1) is 0 Å². The van der Waals surface area contributed by atoms with Crippen molar-refractivity contribution in [3.05, 3.63) is 49.9 Å². The minimum Gasteiger partial charge on any atom is -0.478 e. The Morgan fingerprint density at radius 1 is 1.61 bits per heavy atom. The fourth-order valence-electron chi connectivity index (χ4n) is 1.49. The summed E-state index contributed by atoms with van der Waals surface area (Å²) in [7, 11) is 0. The zero-order chi connectivity index (χ0) is 13.9. The van der Waals surface area contributed by atoms with Gasteiger partial charge in [-0.3, -0.25) is 14.9 Å². The SMILES string of the molecule is CC(=CC(=O)O)Cn1cc([N+](=O)[O-])c(C)cc1=O. The molecule has 1 N–H and O–H groups in total. The second-order valence-corrected chi connectivity index (χ2v) is 3.89. The molecule has 96 valence electrons. The van der Waals surface area contributed by atoms with Crippen molar-refractivity contribution in [1.29, 1.82) is 0 Å². The number of nitrogens with zero attached hydrogens (tertiary/aromatic N) is 2. The van der Waals surface area contributed by atoms with E-state index in [0.717, 1.165) is 22.9 Å². The molecule has 0 saturated heterocycles. The van der Waals surface area contributed by atoms with Crippen molar-refractivity contribution >= 4 is 11.7 Å². The van der Waals surface area contributed by atoms with Crippen molar-refractivity contribution in [2.75, 3.05) is 0 Å². The lowest BCUT2D eigenvalue weighted by Crippen LogP contribution is -2.20. The zero-order valence-corrected chi connectivity index (χ0v) is 9.91. The number of carboxylic acids is 1. The van der Waals surface area contributed by atoms with Crippen LogP contribution in [0.2, 0.25) is 0 Å². The molecule has 1 aromatic rings. The summed E-state index contributed by atoms with van der Waals surface area (Å²) < 4.78 is 1.11. The van der Waals surface area contributed by atoms with Gasteiger partial charge in [-0.1, -0.05) is 0 Å². The van der Waals surface area contributed by atoms with Gasteiger partial charge < -0.3 is 9.67 Å². The van der Waals surface area contributed by atoms with Crippen LogP contribution in [0, 0.1) is 17.0 Å². The van der Waals surface area contributed by atoms with Gasteiger partial charge in [0.1, 0.15) is 0 Å². The minimum atomic E-state index is -1.12. The maximum Gasteiger partial charge on any atom is 0.328 e. The van der Waals surface area contributed by atoms with Gasteiger partial charge in [-0.25, -0.2) is 4.79 Å². The number of carboxylic acid groups (broad SMARTS) is 1. The molecule has 0 aliphatic rings. The molecule has 0 aliphatic heterocycles. The number of nitro groups is 1. The number of allylic oxidation sites excluding steroid dienone is 1. The van der Waals surface area contributed by atoms with E-state index in [4.69, 9.17) is 5.11 Å². The number of hydrogen-bond donors (Lipinski definition) is 1. The van der Waals surface area contributed by atoms with E-state index < -0.39 is 16.5 Å². The van der Waals surface area contributed by atoms with Gasteiger partial charge in [0.2, 0.25) is 0 Å². The van der Waals surface area contributed by atoms with Crippen molar-refractivity contribution in [3.63, 3.8) is 0 Å². The molecule has 0 aliphatic carbocycles. The van der Waals surface area contributed by atoms with Crippen LogP contribution in [-0.2, 0) is 11.3 Å². The van der Waals surface area contributed by atoms with Crippen LogP contribution in [0.1, 0.15) is 12.5 Å². The first-order valence-corrected chi connectivity index (χ1v) is 5.07. The van der Waals surface area contributed by atoms with E-state index in [-0.39, 0.29) is 17.8 Å². The Labute approximate surface area is 102 Å². The predicted molar refractivity (Wildman–Crippen MR) is 63.5 cm³/mol. The first-order chi connectivity index (χ1) is 8.31. The summed E-state index contributed by atoms with van der Waals surface area (Å²) in [6.45, 7) is 3.02. The van der Waals surface area contributed by atoms with Gasteiger partial charge in [0.15, 0.2) is 0 Å². The number of hydrogen-bond acceptors (Lipinski definition) is 4. The molecule has 7 heteroatoms. The summed E-state index contributed by atoms with van der Waals surface area (Å²) in [6.07, 6.45) is 2.08. The summed E-state index contributed by atoms with van der Waals surface area (Å²) >= 11 is 0. The summed E-state index contributed by atoms with van der Waals surface area (Å²) in [5.41, 5.74) is 0.123. The largest absolute Gasteiger partial charge is 0.478 e. The van der Waals surface area contributed by atoms with E-state index in [2.05, 4.69) is 0 Å². The molecule has 0 atom stereocenters. The Kier molecular flexibility index (Phi) is 3.98. The third kappa shape index (κ3) is 3.27. The lowest BCUT2D eigenvalue weighted by atomic mass is 10.2. The van der Waals surface area contributed by atoms with Crippen LogP contribution in [0.5, 0.6) is 0 Å². The van der Waals surface area contributed by atoms with Gasteiger partial charge in [0, 0.05) is 24.3 Å². The molecule has 0 radical (unpaired) electrons. The van der Waals surface area contributed by atoms with E-state index in [1.807, 2.05) is 0 Å². The molecule has 0 saturated carbocycles. The molecule has 1 aromatic heterocycles. The maximum atomic E-state index is 11.6. The van der Waals surface area contributed by atoms with E-state index in [1.165, 1.54) is 13.8 Å².